The lowest BCUT2D eigenvalue weighted by molar-refractivity contribution is -0.128. The number of fused-ring (bicyclic) bond motifs is 1. The second-order valence-electron chi connectivity index (χ2n) is 7.12. The topological polar surface area (TPSA) is 49.8 Å². The van der Waals surface area contributed by atoms with Crippen LogP contribution >= 0.6 is 0 Å². The number of carbonyl (C=O) groups excluding carboxylic acids is 1. The van der Waals surface area contributed by atoms with Crippen molar-refractivity contribution in [3.05, 3.63) is 0 Å². The Labute approximate surface area is 121 Å². The Morgan fingerprint density at radius 3 is 2.75 bits per heavy atom. The van der Waals surface area contributed by atoms with Gasteiger partial charge in [0.15, 0.2) is 0 Å². The second-order valence-corrected chi connectivity index (χ2v) is 7.12. The molecule has 2 saturated heterocycles. The van der Waals surface area contributed by atoms with E-state index in [-0.39, 0.29) is 5.41 Å². The van der Waals surface area contributed by atoms with Crippen molar-refractivity contribution >= 4 is 6.29 Å². The van der Waals surface area contributed by atoms with Crippen LogP contribution in [0.5, 0.6) is 0 Å². The molecule has 2 heterocycles. The van der Waals surface area contributed by atoms with Crippen LogP contribution in [0, 0.1) is 11.3 Å². The van der Waals surface area contributed by atoms with Gasteiger partial charge in [-0.25, -0.2) is 0 Å². The van der Waals surface area contributed by atoms with E-state index in [4.69, 9.17) is 4.74 Å². The van der Waals surface area contributed by atoms with Gasteiger partial charge < -0.3 is 19.5 Å². The first kappa shape index (κ1) is 14.5. The van der Waals surface area contributed by atoms with E-state index in [1.165, 1.54) is 12.8 Å². The van der Waals surface area contributed by atoms with Crippen molar-refractivity contribution in [2.45, 2.75) is 50.5 Å². The van der Waals surface area contributed by atoms with Gasteiger partial charge in [0.25, 0.3) is 0 Å². The van der Waals surface area contributed by atoms with E-state index in [0.29, 0.717) is 19.1 Å². The van der Waals surface area contributed by atoms with E-state index < -0.39 is 5.60 Å². The molecule has 2 atom stereocenters. The molecule has 3 fully saturated rings. The van der Waals surface area contributed by atoms with Gasteiger partial charge in [0.2, 0.25) is 0 Å². The fourth-order valence-electron chi connectivity index (χ4n) is 4.32. The van der Waals surface area contributed by atoms with Crippen LogP contribution in [0.25, 0.3) is 0 Å². The summed E-state index contributed by atoms with van der Waals surface area (Å²) in [7, 11) is 0. The predicted molar refractivity (Wildman–Crippen MR) is 76.5 cm³/mol. The van der Waals surface area contributed by atoms with Crippen molar-refractivity contribution in [2.75, 3.05) is 32.8 Å². The molecule has 1 N–H and O–H groups in total. The molecule has 4 nitrogen and oxygen atoms in total. The molecule has 114 valence electrons. The highest BCUT2D eigenvalue weighted by atomic mass is 16.5. The molecule has 4 heteroatoms. The number of hydrogen-bond acceptors (Lipinski definition) is 4. The maximum absolute atomic E-state index is 11.6. The molecule has 0 aromatic heterocycles. The van der Waals surface area contributed by atoms with Crippen LogP contribution in [-0.4, -0.2) is 54.7 Å². The zero-order valence-corrected chi connectivity index (χ0v) is 12.4. The molecule has 0 bridgehead atoms. The summed E-state index contributed by atoms with van der Waals surface area (Å²) in [4.78, 5) is 14.0. The molecule has 20 heavy (non-hydrogen) atoms. The number of carbonyl (C=O) groups is 1. The zero-order chi connectivity index (χ0) is 14.1. The lowest BCUT2D eigenvalue weighted by Gasteiger charge is -2.49. The molecule has 3 rings (SSSR count). The summed E-state index contributed by atoms with van der Waals surface area (Å²) < 4.78 is 5.40. The van der Waals surface area contributed by atoms with Gasteiger partial charge >= 0.3 is 0 Å². The van der Waals surface area contributed by atoms with E-state index in [1.807, 2.05) is 0 Å². The van der Waals surface area contributed by atoms with Gasteiger partial charge in [0.1, 0.15) is 6.29 Å². The highest BCUT2D eigenvalue weighted by Crippen LogP contribution is 2.41. The third-order valence-electron chi connectivity index (χ3n) is 5.79. The third kappa shape index (κ3) is 2.78. The van der Waals surface area contributed by atoms with E-state index in [1.54, 1.807) is 0 Å². The summed E-state index contributed by atoms with van der Waals surface area (Å²) in [5, 5.41) is 10.7. The van der Waals surface area contributed by atoms with E-state index in [2.05, 4.69) is 4.90 Å². The van der Waals surface area contributed by atoms with E-state index in [9.17, 15) is 9.90 Å². The number of aldehydes is 1. The number of ether oxygens (including phenoxy) is 1. The number of likely N-dealkylation sites (tertiary alicyclic amines) is 1. The summed E-state index contributed by atoms with van der Waals surface area (Å²) in [6.07, 6.45) is 8.27. The van der Waals surface area contributed by atoms with Crippen molar-refractivity contribution in [1.82, 2.24) is 4.90 Å². The van der Waals surface area contributed by atoms with Crippen molar-refractivity contribution in [1.29, 1.82) is 0 Å². The summed E-state index contributed by atoms with van der Waals surface area (Å²) in [6.45, 7) is 4.17. The normalized spacial score (nSPS) is 38.1. The van der Waals surface area contributed by atoms with Crippen LogP contribution in [0.2, 0.25) is 0 Å². The largest absolute Gasteiger partial charge is 0.390 e. The number of aliphatic hydroxyl groups is 1. The SMILES string of the molecule is O=CC1(CN2CCC3(O)CCCCC3C2)CCOCC1. The summed E-state index contributed by atoms with van der Waals surface area (Å²) in [6, 6.07) is 0. The molecule has 0 spiro atoms. The fraction of sp³-hybridized carbons (Fsp3) is 0.938. The van der Waals surface area contributed by atoms with Crippen molar-refractivity contribution in [3.8, 4) is 0 Å². The average molecular weight is 281 g/mol. The highest BCUT2D eigenvalue weighted by molar-refractivity contribution is 5.60. The van der Waals surface area contributed by atoms with Crippen LogP contribution < -0.4 is 0 Å². The Balaban J connectivity index is 1.62. The molecule has 3 aliphatic rings. The molecule has 1 saturated carbocycles. The van der Waals surface area contributed by atoms with Crippen LogP contribution in [-0.2, 0) is 9.53 Å². The minimum absolute atomic E-state index is 0.206. The minimum Gasteiger partial charge on any atom is -0.390 e. The van der Waals surface area contributed by atoms with Crippen LogP contribution in [0.1, 0.15) is 44.9 Å². The smallest absolute Gasteiger partial charge is 0.127 e. The quantitative estimate of drug-likeness (QED) is 0.799. The molecule has 1 aliphatic carbocycles. The molecule has 0 aromatic carbocycles. The lowest BCUT2D eigenvalue weighted by Crippen LogP contribution is -2.55. The van der Waals surface area contributed by atoms with Gasteiger partial charge in [-0.1, -0.05) is 12.8 Å². The zero-order valence-electron chi connectivity index (χ0n) is 12.4. The van der Waals surface area contributed by atoms with Gasteiger partial charge in [-0.2, -0.15) is 0 Å². The molecule has 2 unspecified atom stereocenters. The van der Waals surface area contributed by atoms with Gasteiger partial charge in [0.05, 0.1) is 5.60 Å². The molecule has 0 amide bonds. The Hall–Kier alpha value is -0.450. The molecule has 0 aromatic rings. The lowest BCUT2D eigenvalue weighted by atomic mass is 9.70. The van der Waals surface area contributed by atoms with Crippen LogP contribution in [0.4, 0.5) is 0 Å². The van der Waals surface area contributed by atoms with E-state index in [0.717, 1.165) is 58.0 Å². The van der Waals surface area contributed by atoms with Gasteiger partial charge in [-0.15, -0.1) is 0 Å². The minimum atomic E-state index is -0.418. The first-order chi connectivity index (χ1) is 9.66. The number of nitrogens with zero attached hydrogens (tertiary/aromatic N) is 1. The average Bonchev–Trinajstić information content (AvgIpc) is 2.48. The maximum Gasteiger partial charge on any atom is 0.127 e. The Bertz CT molecular complexity index is 354. The fourth-order valence-corrected chi connectivity index (χ4v) is 4.32. The first-order valence-electron chi connectivity index (χ1n) is 8.15. The van der Waals surface area contributed by atoms with Crippen molar-refractivity contribution in [3.63, 3.8) is 0 Å². The molecular formula is C16H27NO3. The van der Waals surface area contributed by atoms with Crippen LogP contribution in [0.15, 0.2) is 0 Å². The summed E-state index contributed by atoms with van der Waals surface area (Å²) >= 11 is 0. The van der Waals surface area contributed by atoms with Crippen LogP contribution in [0.3, 0.4) is 0 Å². The summed E-state index contributed by atoms with van der Waals surface area (Å²) in [5.74, 6) is 0.411. The Morgan fingerprint density at radius 1 is 1.20 bits per heavy atom. The predicted octanol–water partition coefficient (Wildman–Crippen LogP) is 1.61. The molecule has 0 radical (unpaired) electrons. The van der Waals surface area contributed by atoms with Gasteiger partial charge in [-0.3, -0.25) is 0 Å². The number of hydrogen-bond donors (Lipinski definition) is 1. The Morgan fingerprint density at radius 2 is 2.00 bits per heavy atom. The molecule has 2 aliphatic heterocycles. The third-order valence-corrected chi connectivity index (χ3v) is 5.79. The van der Waals surface area contributed by atoms with Crippen molar-refractivity contribution < 1.29 is 14.6 Å². The van der Waals surface area contributed by atoms with Crippen molar-refractivity contribution in [2.24, 2.45) is 11.3 Å². The molecular weight excluding hydrogens is 254 g/mol. The standard InChI is InChI=1S/C16H27NO3/c18-13-15(6-9-20-10-7-15)12-17-8-5-16(19)4-2-1-3-14(16)11-17/h13-14,19H,1-12H2. The monoisotopic (exact) mass is 281 g/mol. The first-order valence-corrected chi connectivity index (χ1v) is 8.15. The Kier molecular flexibility index (Phi) is 4.16. The van der Waals surface area contributed by atoms with E-state index >= 15 is 0 Å². The number of piperidine rings is 1. The van der Waals surface area contributed by atoms with Gasteiger partial charge in [0, 0.05) is 44.2 Å². The highest BCUT2D eigenvalue weighted by Gasteiger charge is 2.44. The number of rotatable bonds is 3. The maximum atomic E-state index is 11.6. The summed E-state index contributed by atoms with van der Waals surface area (Å²) in [5.41, 5.74) is -0.624. The van der Waals surface area contributed by atoms with Gasteiger partial charge in [-0.05, 0) is 32.1 Å². The second kappa shape index (κ2) is 5.74.